The first-order chi connectivity index (χ1) is 7.29. The van der Waals surface area contributed by atoms with Gasteiger partial charge < -0.3 is 4.79 Å². The van der Waals surface area contributed by atoms with Gasteiger partial charge in [-0.25, -0.2) is 0 Å². The van der Waals surface area contributed by atoms with E-state index in [2.05, 4.69) is 11.8 Å². The highest BCUT2D eigenvalue weighted by Crippen LogP contribution is 2.37. The van der Waals surface area contributed by atoms with E-state index < -0.39 is 0 Å². The number of carbonyl (C=O) groups excluding carboxylic acids is 1. The van der Waals surface area contributed by atoms with E-state index in [1.807, 2.05) is 0 Å². The summed E-state index contributed by atoms with van der Waals surface area (Å²) in [5.41, 5.74) is 0.0108. The summed E-state index contributed by atoms with van der Waals surface area (Å²) in [5.74, 6) is 0. The molecule has 0 bridgehead atoms. The van der Waals surface area contributed by atoms with E-state index in [9.17, 15) is 4.79 Å². The third-order valence-corrected chi connectivity index (χ3v) is 4.09. The van der Waals surface area contributed by atoms with Gasteiger partial charge in [-0.3, -0.25) is 4.90 Å². The zero-order valence-corrected chi connectivity index (χ0v) is 9.87. The van der Waals surface area contributed by atoms with Crippen molar-refractivity contribution in [2.75, 3.05) is 13.1 Å². The fraction of sp³-hybridized carbons (Fsp3) is 0.923. The van der Waals surface area contributed by atoms with Crippen molar-refractivity contribution in [2.24, 2.45) is 5.41 Å². The quantitative estimate of drug-likeness (QED) is 0.649. The van der Waals surface area contributed by atoms with Crippen molar-refractivity contribution in [1.82, 2.24) is 4.90 Å². The molecule has 0 saturated heterocycles. The molecule has 0 heterocycles. The molecule has 2 fully saturated rings. The Hall–Kier alpha value is -0.370. The number of rotatable bonds is 5. The van der Waals surface area contributed by atoms with Crippen molar-refractivity contribution < 1.29 is 4.79 Å². The Bertz CT molecular complexity index is 217. The number of carbonyl (C=O) groups is 1. The molecule has 2 heteroatoms. The van der Waals surface area contributed by atoms with Crippen LogP contribution in [-0.2, 0) is 4.79 Å². The van der Waals surface area contributed by atoms with Gasteiger partial charge in [0.2, 0.25) is 0 Å². The second kappa shape index (κ2) is 4.65. The minimum atomic E-state index is 0.0108. The maximum atomic E-state index is 11.3. The Balaban J connectivity index is 1.95. The Morgan fingerprint density at radius 3 is 2.40 bits per heavy atom. The lowest BCUT2D eigenvalue weighted by Gasteiger charge is -2.36. The summed E-state index contributed by atoms with van der Waals surface area (Å²) in [5, 5.41) is 0. The first-order valence-electron chi connectivity index (χ1n) is 6.50. The van der Waals surface area contributed by atoms with Crippen LogP contribution in [0.15, 0.2) is 0 Å². The van der Waals surface area contributed by atoms with Gasteiger partial charge in [0.25, 0.3) is 0 Å². The third-order valence-electron chi connectivity index (χ3n) is 4.09. The first-order valence-corrected chi connectivity index (χ1v) is 6.50. The largest absolute Gasteiger partial charge is 0.303 e. The van der Waals surface area contributed by atoms with Crippen LogP contribution >= 0.6 is 0 Å². The second-order valence-electron chi connectivity index (χ2n) is 5.34. The van der Waals surface area contributed by atoms with Crippen LogP contribution in [0.2, 0.25) is 0 Å². The van der Waals surface area contributed by atoms with Crippen LogP contribution < -0.4 is 0 Å². The number of nitrogens with zero attached hydrogens (tertiary/aromatic N) is 1. The summed E-state index contributed by atoms with van der Waals surface area (Å²) < 4.78 is 0. The van der Waals surface area contributed by atoms with E-state index in [4.69, 9.17) is 0 Å². The minimum absolute atomic E-state index is 0.0108. The van der Waals surface area contributed by atoms with E-state index in [0.717, 1.165) is 32.0 Å². The molecule has 0 radical (unpaired) electrons. The molecule has 0 spiro atoms. The van der Waals surface area contributed by atoms with Crippen LogP contribution in [0.4, 0.5) is 0 Å². The van der Waals surface area contributed by atoms with Crippen molar-refractivity contribution in [3.05, 3.63) is 0 Å². The van der Waals surface area contributed by atoms with Gasteiger partial charge in [0, 0.05) is 18.0 Å². The standard InChI is InChI=1S/C13H23NO/c1-2-14(12-6-7-12)10-13(11-15)8-4-3-5-9-13/h11-12H,2-10H2,1H3. The molecule has 2 saturated carbocycles. The predicted molar refractivity (Wildman–Crippen MR) is 61.9 cm³/mol. The number of hydrogen-bond donors (Lipinski definition) is 0. The molecule has 86 valence electrons. The minimum Gasteiger partial charge on any atom is -0.303 e. The Kier molecular flexibility index (Phi) is 3.45. The van der Waals surface area contributed by atoms with Crippen molar-refractivity contribution in [3.8, 4) is 0 Å². The van der Waals surface area contributed by atoms with Gasteiger partial charge in [-0.05, 0) is 32.2 Å². The topological polar surface area (TPSA) is 20.3 Å². The summed E-state index contributed by atoms with van der Waals surface area (Å²) in [7, 11) is 0. The van der Waals surface area contributed by atoms with Crippen LogP contribution in [0.3, 0.4) is 0 Å². The molecule has 2 aliphatic carbocycles. The third kappa shape index (κ3) is 2.60. The molecule has 0 aliphatic heterocycles. The van der Waals surface area contributed by atoms with E-state index in [1.54, 1.807) is 0 Å². The zero-order chi connectivity index (χ0) is 10.7. The maximum absolute atomic E-state index is 11.3. The highest BCUT2D eigenvalue weighted by molar-refractivity contribution is 5.60. The van der Waals surface area contributed by atoms with Crippen LogP contribution in [0.1, 0.15) is 51.9 Å². The second-order valence-corrected chi connectivity index (χ2v) is 5.34. The predicted octanol–water partition coefficient (Wildman–Crippen LogP) is 2.62. The van der Waals surface area contributed by atoms with Gasteiger partial charge in [-0.15, -0.1) is 0 Å². The lowest BCUT2D eigenvalue weighted by atomic mass is 9.75. The molecule has 2 aliphatic rings. The Labute approximate surface area is 93.0 Å². The van der Waals surface area contributed by atoms with Gasteiger partial charge in [-0.2, -0.15) is 0 Å². The molecule has 2 rings (SSSR count). The molecule has 0 atom stereocenters. The fourth-order valence-corrected chi connectivity index (χ4v) is 2.91. The van der Waals surface area contributed by atoms with E-state index in [1.165, 1.54) is 38.4 Å². The monoisotopic (exact) mass is 209 g/mol. The van der Waals surface area contributed by atoms with Crippen LogP contribution in [0.5, 0.6) is 0 Å². The van der Waals surface area contributed by atoms with E-state index >= 15 is 0 Å². The molecule has 2 nitrogen and oxygen atoms in total. The highest BCUT2D eigenvalue weighted by Gasteiger charge is 2.37. The highest BCUT2D eigenvalue weighted by atomic mass is 16.1. The van der Waals surface area contributed by atoms with Gasteiger partial charge in [0.05, 0.1) is 0 Å². The lowest BCUT2D eigenvalue weighted by Crippen LogP contribution is -2.41. The zero-order valence-electron chi connectivity index (χ0n) is 9.87. The molecule has 0 aromatic carbocycles. The number of hydrogen-bond acceptors (Lipinski definition) is 2. The Morgan fingerprint density at radius 2 is 1.93 bits per heavy atom. The summed E-state index contributed by atoms with van der Waals surface area (Å²) >= 11 is 0. The summed E-state index contributed by atoms with van der Waals surface area (Å²) in [6.45, 7) is 4.36. The smallest absolute Gasteiger partial charge is 0.127 e. The maximum Gasteiger partial charge on any atom is 0.127 e. The summed E-state index contributed by atoms with van der Waals surface area (Å²) in [6.07, 6.45) is 10.0. The van der Waals surface area contributed by atoms with Crippen LogP contribution in [0, 0.1) is 5.41 Å². The van der Waals surface area contributed by atoms with E-state index in [0.29, 0.717) is 0 Å². The number of aldehydes is 1. The molecular formula is C13H23NO. The van der Waals surface area contributed by atoms with Crippen molar-refractivity contribution in [3.63, 3.8) is 0 Å². The van der Waals surface area contributed by atoms with Gasteiger partial charge in [0.1, 0.15) is 6.29 Å². The lowest BCUT2D eigenvalue weighted by molar-refractivity contribution is -0.119. The SMILES string of the molecule is CCN(CC1(C=O)CCCCC1)C1CC1. The summed E-state index contributed by atoms with van der Waals surface area (Å²) in [6, 6.07) is 0.800. The van der Waals surface area contributed by atoms with Crippen LogP contribution in [-0.4, -0.2) is 30.3 Å². The summed E-state index contributed by atoms with van der Waals surface area (Å²) in [4.78, 5) is 13.9. The average molecular weight is 209 g/mol. The average Bonchev–Trinajstić information content (AvgIpc) is 3.11. The van der Waals surface area contributed by atoms with Gasteiger partial charge >= 0.3 is 0 Å². The van der Waals surface area contributed by atoms with E-state index in [-0.39, 0.29) is 5.41 Å². The normalized spacial score (nSPS) is 25.5. The molecule has 0 unspecified atom stereocenters. The molecule has 15 heavy (non-hydrogen) atoms. The molecule has 0 aromatic heterocycles. The van der Waals surface area contributed by atoms with Crippen molar-refractivity contribution in [1.29, 1.82) is 0 Å². The van der Waals surface area contributed by atoms with Crippen molar-refractivity contribution >= 4 is 6.29 Å². The van der Waals surface area contributed by atoms with Crippen molar-refractivity contribution in [2.45, 2.75) is 57.9 Å². The molecular weight excluding hydrogens is 186 g/mol. The van der Waals surface area contributed by atoms with Gasteiger partial charge in [-0.1, -0.05) is 26.2 Å². The van der Waals surface area contributed by atoms with Gasteiger partial charge in [0.15, 0.2) is 0 Å². The fourth-order valence-electron chi connectivity index (χ4n) is 2.91. The first kappa shape index (κ1) is 11.1. The molecule has 0 amide bonds. The molecule has 0 N–H and O–H groups in total. The van der Waals surface area contributed by atoms with Crippen LogP contribution in [0.25, 0.3) is 0 Å². The Morgan fingerprint density at radius 1 is 1.27 bits per heavy atom. The molecule has 0 aromatic rings.